The van der Waals surface area contributed by atoms with Gasteiger partial charge in [-0.2, -0.15) is 0 Å². The smallest absolute Gasteiger partial charge is 0.170 e. The molecule has 0 aromatic heterocycles. The summed E-state index contributed by atoms with van der Waals surface area (Å²) in [5, 5.41) is 0. The third kappa shape index (κ3) is 2.99. The monoisotopic (exact) mass is 258 g/mol. The molecule has 0 radical (unpaired) electrons. The molecule has 98 valence electrons. The summed E-state index contributed by atoms with van der Waals surface area (Å²) in [4.78, 5) is 12.3. The van der Waals surface area contributed by atoms with Gasteiger partial charge < -0.3 is 4.74 Å². The minimum absolute atomic E-state index is 0.0350. The standard InChI is InChI=1S/C16H15FO2/c1-11-4-3-5-14(16(11)19-2)15(18)10-12-6-8-13(17)9-7-12/h3-9H,10H2,1-2H3. The van der Waals surface area contributed by atoms with Gasteiger partial charge in [0.2, 0.25) is 0 Å². The number of ketones is 1. The van der Waals surface area contributed by atoms with E-state index in [1.165, 1.54) is 12.1 Å². The van der Waals surface area contributed by atoms with E-state index in [0.29, 0.717) is 11.3 Å². The number of aryl methyl sites for hydroxylation is 1. The number of methoxy groups -OCH3 is 1. The fourth-order valence-corrected chi connectivity index (χ4v) is 2.03. The molecule has 2 aromatic rings. The zero-order valence-electron chi connectivity index (χ0n) is 10.9. The van der Waals surface area contributed by atoms with Crippen LogP contribution in [0.25, 0.3) is 0 Å². The normalized spacial score (nSPS) is 10.3. The number of Topliss-reactive ketones (excluding diaryl/α,β-unsaturated/α-hetero) is 1. The highest BCUT2D eigenvalue weighted by atomic mass is 19.1. The average Bonchev–Trinajstić information content (AvgIpc) is 2.41. The Hall–Kier alpha value is -2.16. The molecule has 0 aliphatic rings. The SMILES string of the molecule is COc1c(C)cccc1C(=O)Cc1ccc(F)cc1. The lowest BCUT2D eigenvalue weighted by Crippen LogP contribution is -2.06. The molecule has 3 heteroatoms. The highest BCUT2D eigenvalue weighted by Gasteiger charge is 2.14. The summed E-state index contributed by atoms with van der Waals surface area (Å²) < 4.78 is 18.1. The van der Waals surface area contributed by atoms with Crippen molar-refractivity contribution in [3.63, 3.8) is 0 Å². The molecule has 0 atom stereocenters. The van der Waals surface area contributed by atoms with Crippen LogP contribution >= 0.6 is 0 Å². The van der Waals surface area contributed by atoms with Gasteiger partial charge in [-0.1, -0.05) is 24.3 Å². The number of hydrogen-bond donors (Lipinski definition) is 0. The molecule has 2 aromatic carbocycles. The van der Waals surface area contributed by atoms with Gasteiger partial charge in [-0.15, -0.1) is 0 Å². The molecule has 0 bridgehead atoms. The maximum absolute atomic E-state index is 12.8. The van der Waals surface area contributed by atoms with Gasteiger partial charge in [-0.25, -0.2) is 4.39 Å². The van der Waals surface area contributed by atoms with Crippen molar-refractivity contribution >= 4 is 5.78 Å². The Morgan fingerprint density at radius 2 is 1.84 bits per heavy atom. The number of halogens is 1. The molecule has 0 fully saturated rings. The molecule has 2 nitrogen and oxygen atoms in total. The molecule has 0 aliphatic heterocycles. The molecule has 0 saturated carbocycles. The lowest BCUT2D eigenvalue weighted by atomic mass is 10.0. The van der Waals surface area contributed by atoms with Crippen LogP contribution in [0.4, 0.5) is 4.39 Å². The lowest BCUT2D eigenvalue weighted by molar-refractivity contribution is 0.0990. The third-order valence-corrected chi connectivity index (χ3v) is 2.99. The molecular formula is C16H15FO2. The van der Waals surface area contributed by atoms with Gasteiger partial charge in [0.05, 0.1) is 12.7 Å². The average molecular weight is 258 g/mol. The van der Waals surface area contributed by atoms with Crippen LogP contribution in [0.3, 0.4) is 0 Å². The van der Waals surface area contributed by atoms with Crippen molar-refractivity contribution < 1.29 is 13.9 Å². The van der Waals surface area contributed by atoms with Crippen molar-refractivity contribution in [2.24, 2.45) is 0 Å². The quantitative estimate of drug-likeness (QED) is 0.784. The molecule has 19 heavy (non-hydrogen) atoms. The first kappa shape index (κ1) is 13.3. The largest absolute Gasteiger partial charge is 0.496 e. The van der Waals surface area contributed by atoms with Crippen molar-refractivity contribution in [2.45, 2.75) is 13.3 Å². The number of hydrogen-bond acceptors (Lipinski definition) is 2. The Morgan fingerprint density at radius 1 is 1.16 bits per heavy atom. The van der Waals surface area contributed by atoms with Crippen LogP contribution in [-0.2, 0) is 6.42 Å². The summed E-state index contributed by atoms with van der Waals surface area (Å²) in [7, 11) is 1.55. The fourth-order valence-electron chi connectivity index (χ4n) is 2.03. The summed E-state index contributed by atoms with van der Waals surface area (Å²) in [6, 6.07) is 11.4. The van der Waals surface area contributed by atoms with Gasteiger partial charge in [-0.05, 0) is 36.2 Å². The first-order valence-electron chi connectivity index (χ1n) is 6.03. The van der Waals surface area contributed by atoms with Crippen LogP contribution in [-0.4, -0.2) is 12.9 Å². The Balaban J connectivity index is 2.25. The van der Waals surface area contributed by atoms with Gasteiger partial charge in [0, 0.05) is 6.42 Å². The summed E-state index contributed by atoms with van der Waals surface area (Å²) in [6.45, 7) is 1.90. The molecule has 0 unspecified atom stereocenters. The number of para-hydroxylation sites is 1. The highest BCUT2D eigenvalue weighted by molar-refractivity contribution is 6.00. The van der Waals surface area contributed by atoms with E-state index in [0.717, 1.165) is 11.1 Å². The van der Waals surface area contributed by atoms with Gasteiger partial charge >= 0.3 is 0 Å². The van der Waals surface area contributed by atoms with Gasteiger partial charge in [0.1, 0.15) is 11.6 Å². The predicted molar refractivity (Wildman–Crippen MR) is 72.2 cm³/mol. The third-order valence-electron chi connectivity index (χ3n) is 2.99. The molecule has 0 spiro atoms. The van der Waals surface area contributed by atoms with Crippen molar-refractivity contribution in [1.82, 2.24) is 0 Å². The topological polar surface area (TPSA) is 26.3 Å². The summed E-state index contributed by atoms with van der Waals surface area (Å²) in [5.41, 5.74) is 2.27. The van der Waals surface area contributed by atoms with E-state index in [1.807, 2.05) is 19.1 Å². The Morgan fingerprint density at radius 3 is 2.47 bits per heavy atom. The molecule has 0 N–H and O–H groups in total. The first-order chi connectivity index (χ1) is 9.11. The van der Waals surface area contributed by atoms with Gasteiger partial charge in [-0.3, -0.25) is 4.79 Å². The van der Waals surface area contributed by atoms with Gasteiger partial charge in [0.25, 0.3) is 0 Å². The molecule has 0 aliphatic carbocycles. The van der Waals surface area contributed by atoms with E-state index in [2.05, 4.69) is 0 Å². The molecule has 2 rings (SSSR count). The summed E-state index contributed by atoms with van der Waals surface area (Å²) in [5.74, 6) is 0.270. The van der Waals surface area contributed by atoms with Crippen molar-refractivity contribution in [1.29, 1.82) is 0 Å². The number of ether oxygens (including phenoxy) is 1. The second-order valence-electron chi connectivity index (χ2n) is 4.38. The van der Waals surface area contributed by atoms with Crippen LogP contribution < -0.4 is 4.74 Å². The van der Waals surface area contributed by atoms with Crippen LogP contribution in [0.1, 0.15) is 21.5 Å². The zero-order chi connectivity index (χ0) is 13.8. The van der Waals surface area contributed by atoms with Crippen LogP contribution in [0, 0.1) is 12.7 Å². The Kier molecular flexibility index (Phi) is 3.95. The summed E-state index contributed by atoms with van der Waals surface area (Å²) >= 11 is 0. The van der Waals surface area contributed by atoms with E-state index in [-0.39, 0.29) is 18.0 Å². The second-order valence-corrected chi connectivity index (χ2v) is 4.38. The van der Waals surface area contributed by atoms with Crippen molar-refractivity contribution in [3.8, 4) is 5.75 Å². The Labute approximate surface area is 111 Å². The van der Waals surface area contributed by atoms with Crippen molar-refractivity contribution in [3.05, 3.63) is 65.0 Å². The molecule has 0 amide bonds. The van der Waals surface area contributed by atoms with Crippen LogP contribution in [0.15, 0.2) is 42.5 Å². The van der Waals surface area contributed by atoms with Crippen LogP contribution in [0.2, 0.25) is 0 Å². The highest BCUT2D eigenvalue weighted by Crippen LogP contribution is 2.24. The number of benzene rings is 2. The maximum Gasteiger partial charge on any atom is 0.170 e. The summed E-state index contributed by atoms with van der Waals surface area (Å²) in [6.07, 6.45) is 0.236. The fraction of sp³-hybridized carbons (Fsp3) is 0.188. The zero-order valence-corrected chi connectivity index (χ0v) is 10.9. The number of rotatable bonds is 4. The maximum atomic E-state index is 12.8. The number of carbonyl (C=O) groups is 1. The van der Waals surface area contributed by atoms with E-state index in [9.17, 15) is 9.18 Å². The minimum atomic E-state index is -0.302. The van der Waals surface area contributed by atoms with Gasteiger partial charge in [0.15, 0.2) is 5.78 Å². The van der Waals surface area contributed by atoms with E-state index in [1.54, 1.807) is 25.3 Å². The molecular weight excluding hydrogens is 243 g/mol. The lowest BCUT2D eigenvalue weighted by Gasteiger charge is -2.10. The molecule has 0 heterocycles. The minimum Gasteiger partial charge on any atom is -0.496 e. The predicted octanol–water partition coefficient (Wildman–Crippen LogP) is 3.57. The van der Waals surface area contributed by atoms with Crippen molar-refractivity contribution in [2.75, 3.05) is 7.11 Å². The van der Waals surface area contributed by atoms with Crippen LogP contribution in [0.5, 0.6) is 5.75 Å². The molecule has 0 saturated heterocycles. The van der Waals surface area contributed by atoms with E-state index in [4.69, 9.17) is 4.74 Å². The van der Waals surface area contributed by atoms with E-state index >= 15 is 0 Å². The second kappa shape index (κ2) is 5.65. The Bertz CT molecular complexity index is 588. The number of carbonyl (C=O) groups excluding carboxylic acids is 1. The first-order valence-corrected chi connectivity index (χ1v) is 6.03. The van der Waals surface area contributed by atoms with E-state index < -0.39 is 0 Å².